The van der Waals surface area contributed by atoms with Gasteiger partial charge in [0.2, 0.25) is 5.91 Å². The SMILES string of the molecule is O=C(NCC1(C(=O)O)CCCCC1)C1CC12CC2. The quantitative estimate of drug-likeness (QED) is 0.802. The van der Waals surface area contributed by atoms with Gasteiger partial charge in [0.15, 0.2) is 0 Å². The lowest BCUT2D eigenvalue weighted by Gasteiger charge is -2.33. The molecule has 1 spiro atoms. The number of hydrogen-bond acceptors (Lipinski definition) is 2. The van der Waals surface area contributed by atoms with Crippen molar-refractivity contribution in [2.75, 3.05) is 6.54 Å². The molecule has 1 atom stereocenters. The van der Waals surface area contributed by atoms with Crippen molar-refractivity contribution < 1.29 is 14.7 Å². The molecule has 3 aliphatic carbocycles. The molecular formula is C14H21NO3. The molecule has 0 aromatic carbocycles. The molecule has 0 aromatic heterocycles. The van der Waals surface area contributed by atoms with Gasteiger partial charge in [-0.05, 0) is 37.5 Å². The van der Waals surface area contributed by atoms with Gasteiger partial charge in [-0.25, -0.2) is 0 Å². The van der Waals surface area contributed by atoms with E-state index in [4.69, 9.17) is 0 Å². The van der Waals surface area contributed by atoms with Gasteiger partial charge < -0.3 is 10.4 Å². The topological polar surface area (TPSA) is 66.4 Å². The number of amides is 1. The van der Waals surface area contributed by atoms with Gasteiger partial charge in [-0.3, -0.25) is 9.59 Å². The van der Waals surface area contributed by atoms with Crippen LogP contribution in [-0.2, 0) is 9.59 Å². The lowest BCUT2D eigenvalue weighted by atomic mass is 9.74. The first-order valence-electron chi connectivity index (χ1n) is 7.09. The molecule has 100 valence electrons. The van der Waals surface area contributed by atoms with Crippen molar-refractivity contribution in [2.24, 2.45) is 16.7 Å². The third kappa shape index (κ3) is 1.91. The van der Waals surface area contributed by atoms with Gasteiger partial charge in [0.05, 0.1) is 5.41 Å². The zero-order valence-corrected chi connectivity index (χ0v) is 10.7. The Morgan fingerprint density at radius 1 is 1.11 bits per heavy atom. The highest BCUT2D eigenvalue weighted by Gasteiger charge is 2.65. The summed E-state index contributed by atoms with van der Waals surface area (Å²) in [5, 5.41) is 12.3. The number of aliphatic carboxylic acids is 1. The van der Waals surface area contributed by atoms with Crippen LogP contribution in [0.4, 0.5) is 0 Å². The van der Waals surface area contributed by atoms with Gasteiger partial charge in [-0.2, -0.15) is 0 Å². The number of rotatable bonds is 4. The van der Waals surface area contributed by atoms with Crippen molar-refractivity contribution in [3.63, 3.8) is 0 Å². The summed E-state index contributed by atoms with van der Waals surface area (Å²) >= 11 is 0. The van der Waals surface area contributed by atoms with Crippen molar-refractivity contribution in [1.82, 2.24) is 5.32 Å². The van der Waals surface area contributed by atoms with Crippen LogP contribution in [0.2, 0.25) is 0 Å². The third-order valence-corrected chi connectivity index (χ3v) is 5.26. The molecule has 1 unspecified atom stereocenters. The molecule has 3 rings (SSSR count). The Morgan fingerprint density at radius 3 is 2.28 bits per heavy atom. The fraction of sp³-hybridized carbons (Fsp3) is 0.857. The van der Waals surface area contributed by atoms with Crippen LogP contribution in [0.25, 0.3) is 0 Å². The molecule has 3 fully saturated rings. The summed E-state index contributed by atoms with van der Waals surface area (Å²) in [6, 6.07) is 0. The summed E-state index contributed by atoms with van der Waals surface area (Å²) in [5.74, 6) is -0.454. The van der Waals surface area contributed by atoms with E-state index in [1.807, 2.05) is 0 Å². The molecule has 0 aromatic rings. The standard InChI is InChI=1S/C14H21NO3/c16-11(10-8-13(10)6-7-13)15-9-14(12(17)18)4-2-1-3-5-14/h10H,1-9H2,(H,15,16)(H,17,18). The highest BCUT2D eigenvalue weighted by molar-refractivity contribution is 5.84. The maximum atomic E-state index is 12.0. The molecule has 4 heteroatoms. The summed E-state index contributed by atoms with van der Waals surface area (Å²) in [4.78, 5) is 23.4. The fourth-order valence-corrected chi connectivity index (χ4v) is 3.51. The van der Waals surface area contributed by atoms with E-state index in [2.05, 4.69) is 5.32 Å². The van der Waals surface area contributed by atoms with E-state index in [1.54, 1.807) is 0 Å². The van der Waals surface area contributed by atoms with E-state index in [0.29, 0.717) is 24.8 Å². The lowest BCUT2D eigenvalue weighted by Crippen LogP contribution is -2.44. The Morgan fingerprint density at radius 2 is 1.78 bits per heavy atom. The largest absolute Gasteiger partial charge is 0.481 e. The zero-order valence-electron chi connectivity index (χ0n) is 10.7. The highest BCUT2D eigenvalue weighted by Crippen LogP contribution is 2.70. The minimum atomic E-state index is -0.737. The lowest BCUT2D eigenvalue weighted by molar-refractivity contribution is -0.151. The van der Waals surface area contributed by atoms with Crippen LogP contribution >= 0.6 is 0 Å². The Bertz CT molecular complexity index is 381. The number of carboxylic acid groups (broad SMARTS) is 1. The number of hydrogen-bond donors (Lipinski definition) is 2. The van der Waals surface area contributed by atoms with Crippen LogP contribution in [0.5, 0.6) is 0 Å². The fourth-order valence-electron chi connectivity index (χ4n) is 3.51. The normalized spacial score (nSPS) is 30.8. The number of carbonyl (C=O) groups excluding carboxylic acids is 1. The minimum Gasteiger partial charge on any atom is -0.481 e. The van der Waals surface area contributed by atoms with Gasteiger partial charge >= 0.3 is 5.97 Å². The maximum absolute atomic E-state index is 12.0. The monoisotopic (exact) mass is 251 g/mol. The molecule has 0 bridgehead atoms. The van der Waals surface area contributed by atoms with E-state index in [0.717, 1.165) is 25.7 Å². The zero-order chi connectivity index (χ0) is 12.8. The predicted molar refractivity (Wildman–Crippen MR) is 65.9 cm³/mol. The van der Waals surface area contributed by atoms with Crippen molar-refractivity contribution in [1.29, 1.82) is 0 Å². The Hall–Kier alpha value is -1.06. The average molecular weight is 251 g/mol. The van der Waals surface area contributed by atoms with Crippen molar-refractivity contribution >= 4 is 11.9 Å². The summed E-state index contributed by atoms with van der Waals surface area (Å²) in [6.45, 7) is 0.327. The molecular weight excluding hydrogens is 230 g/mol. The second kappa shape index (κ2) is 3.97. The van der Waals surface area contributed by atoms with Crippen LogP contribution in [0.15, 0.2) is 0 Å². The van der Waals surface area contributed by atoms with Gasteiger partial charge in [0.1, 0.15) is 0 Å². The van der Waals surface area contributed by atoms with Gasteiger partial charge in [-0.15, -0.1) is 0 Å². The summed E-state index contributed by atoms with van der Waals surface area (Å²) in [5.41, 5.74) is -0.341. The smallest absolute Gasteiger partial charge is 0.311 e. The number of carbonyl (C=O) groups is 2. The summed E-state index contributed by atoms with van der Waals surface area (Å²) in [7, 11) is 0. The number of carboxylic acids is 1. The van der Waals surface area contributed by atoms with Crippen LogP contribution in [0, 0.1) is 16.7 Å². The molecule has 3 saturated carbocycles. The molecule has 0 radical (unpaired) electrons. The minimum absolute atomic E-state index is 0.0960. The highest BCUT2D eigenvalue weighted by atomic mass is 16.4. The van der Waals surface area contributed by atoms with Crippen molar-refractivity contribution in [3.05, 3.63) is 0 Å². The molecule has 0 aliphatic heterocycles. The second-order valence-electron chi connectivity index (χ2n) is 6.48. The van der Waals surface area contributed by atoms with E-state index >= 15 is 0 Å². The molecule has 0 saturated heterocycles. The summed E-state index contributed by atoms with van der Waals surface area (Å²) < 4.78 is 0. The molecule has 2 N–H and O–H groups in total. The van der Waals surface area contributed by atoms with E-state index < -0.39 is 11.4 Å². The van der Waals surface area contributed by atoms with E-state index in [-0.39, 0.29) is 11.8 Å². The van der Waals surface area contributed by atoms with Crippen LogP contribution in [0.1, 0.15) is 51.4 Å². The molecule has 18 heavy (non-hydrogen) atoms. The Balaban J connectivity index is 1.56. The van der Waals surface area contributed by atoms with Crippen LogP contribution in [-0.4, -0.2) is 23.5 Å². The van der Waals surface area contributed by atoms with Gasteiger partial charge in [0.25, 0.3) is 0 Å². The third-order valence-electron chi connectivity index (χ3n) is 5.26. The first-order valence-corrected chi connectivity index (χ1v) is 7.09. The van der Waals surface area contributed by atoms with E-state index in [9.17, 15) is 14.7 Å². The predicted octanol–water partition coefficient (Wildman–Crippen LogP) is 1.94. The number of nitrogens with one attached hydrogen (secondary N) is 1. The van der Waals surface area contributed by atoms with Crippen molar-refractivity contribution in [2.45, 2.75) is 51.4 Å². The van der Waals surface area contributed by atoms with Crippen molar-refractivity contribution in [3.8, 4) is 0 Å². The Labute approximate surface area is 107 Å². The van der Waals surface area contributed by atoms with Crippen LogP contribution < -0.4 is 5.32 Å². The first kappa shape index (κ1) is 12.0. The second-order valence-corrected chi connectivity index (χ2v) is 6.48. The first-order chi connectivity index (χ1) is 8.58. The summed E-state index contributed by atoms with van der Waals surface area (Å²) in [6.07, 6.45) is 7.87. The van der Waals surface area contributed by atoms with Gasteiger partial charge in [-0.1, -0.05) is 19.3 Å². The maximum Gasteiger partial charge on any atom is 0.311 e. The molecule has 4 nitrogen and oxygen atoms in total. The molecule has 3 aliphatic rings. The van der Waals surface area contributed by atoms with Gasteiger partial charge in [0, 0.05) is 12.5 Å². The van der Waals surface area contributed by atoms with Crippen LogP contribution in [0.3, 0.4) is 0 Å². The average Bonchev–Trinajstić information content (AvgIpc) is 3.28. The molecule has 1 amide bonds. The van der Waals surface area contributed by atoms with E-state index in [1.165, 1.54) is 12.8 Å². The Kier molecular flexibility index (Phi) is 2.65. The molecule has 0 heterocycles.